The molecule has 0 spiro atoms. The first-order valence-electron chi connectivity index (χ1n) is 10.4. The number of carbonyl (C=O) groups excluding carboxylic acids is 1. The number of thioether (sulfide) groups is 1. The molecule has 0 aliphatic rings. The molecule has 3 aromatic rings. The Bertz CT molecular complexity index is 1100. The van der Waals surface area contributed by atoms with E-state index in [4.69, 9.17) is 11.6 Å². The van der Waals surface area contributed by atoms with Crippen LogP contribution in [0, 0.1) is 0 Å². The smallest absolute Gasteiger partial charge is 0.250 e. The second-order valence-electron chi connectivity index (χ2n) is 8.41. The Labute approximate surface area is 198 Å². The number of carbonyl (C=O) groups is 1. The SMILES string of the molecule is CCn1c(SCC(=O)N/N=C(/C)c2ccc(Cl)cc2)nnc1-c1ccc(C(C)(C)C)cc1. The van der Waals surface area contributed by atoms with Crippen LogP contribution in [0.1, 0.15) is 45.7 Å². The van der Waals surface area contributed by atoms with Gasteiger partial charge in [0.25, 0.3) is 5.91 Å². The second-order valence-corrected chi connectivity index (χ2v) is 9.78. The van der Waals surface area contributed by atoms with Gasteiger partial charge in [-0.3, -0.25) is 4.79 Å². The first-order valence-corrected chi connectivity index (χ1v) is 11.8. The van der Waals surface area contributed by atoms with E-state index < -0.39 is 0 Å². The normalized spacial score (nSPS) is 12.1. The van der Waals surface area contributed by atoms with Gasteiger partial charge in [0.1, 0.15) is 0 Å². The number of amides is 1. The summed E-state index contributed by atoms with van der Waals surface area (Å²) in [4.78, 5) is 12.3. The van der Waals surface area contributed by atoms with E-state index in [9.17, 15) is 4.79 Å². The Balaban J connectivity index is 1.64. The van der Waals surface area contributed by atoms with Crippen LogP contribution in [0.15, 0.2) is 58.8 Å². The summed E-state index contributed by atoms with van der Waals surface area (Å²) < 4.78 is 2.02. The van der Waals surface area contributed by atoms with Gasteiger partial charge in [-0.1, -0.05) is 80.5 Å². The summed E-state index contributed by atoms with van der Waals surface area (Å²) in [7, 11) is 0. The molecule has 2 aromatic carbocycles. The molecule has 0 unspecified atom stereocenters. The summed E-state index contributed by atoms with van der Waals surface area (Å²) >= 11 is 7.25. The van der Waals surface area contributed by atoms with Crippen LogP contribution in [0.5, 0.6) is 0 Å². The Morgan fingerprint density at radius 3 is 2.34 bits per heavy atom. The minimum absolute atomic E-state index is 0.0970. The Hall–Kier alpha value is -2.64. The summed E-state index contributed by atoms with van der Waals surface area (Å²) in [6.07, 6.45) is 0. The van der Waals surface area contributed by atoms with Crippen LogP contribution in [0.25, 0.3) is 11.4 Å². The molecule has 32 heavy (non-hydrogen) atoms. The monoisotopic (exact) mass is 469 g/mol. The van der Waals surface area contributed by atoms with Gasteiger partial charge in [0.15, 0.2) is 11.0 Å². The van der Waals surface area contributed by atoms with Gasteiger partial charge in [-0.05, 0) is 42.5 Å². The van der Waals surface area contributed by atoms with Gasteiger partial charge < -0.3 is 4.57 Å². The fourth-order valence-corrected chi connectivity index (χ4v) is 4.00. The third-order valence-corrected chi connectivity index (χ3v) is 6.20. The quantitative estimate of drug-likeness (QED) is 0.280. The summed E-state index contributed by atoms with van der Waals surface area (Å²) in [5.41, 5.74) is 6.58. The zero-order valence-corrected chi connectivity index (χ0v) is 20.6. The topological polar surface area (TPSA) is 72.2 Å². The van der Waals surface area contributed by atoms with Gasteiger partial charge in [0, 0.05) is 17.1 Å². The molecule has 0 bridgehead atoms. The minimum Gasteiger partial charge on any atom is -0.302 e. The van der Waals surface area contributed by atoms with Gasteiger partial charge in [-0.25, -0.2) is 5.43 Å². The molecule has 3 rings (SSSR count). The van der Waals surface area contributed by atoms with Crippen LogP contribution in [0.3, 0.4) is 0 Å². The van der Waals surface area contributed by atoms with E-state index in [1.165, 1.54) is 17.3 Å². The molecule has 0 aliphatic carbocycles. The first kappa shape index (κ1) is 24.0. The molecule has 168 valence electrons. The summed E-state index contributed by atoms with van der Waals surface area (Å²) in [5.74, 6) is 0.788. The molecule has 1 aromatic heterocycles. The lowest BCUT2D eigenvalue weighted by Crippen LogP contribution is -2.21. The number of hydrazone groups is 1. The van der Waals surface area contributed by atoms with Crippen molar-refractivity contribution in [3.63, 3.8) is 0 Å². The highest BCUT2D eigenvalue weighted by atomic mass is 35.5. The molecule has 6 nitrogen and oxygen atoms in total. The number of nitrogens with one attached hydrogen (secondary N) is 1. The maximum Gasteiger partial charge on any atom is 0.250 e. The zero-order chi connectivity index (χ0) is 23.3. The van der Waals surface area contributed by atoms with Crippen molar-refractivity contribution in [3.05, 3.63) is 64.7 Å². The van der Waals surface area contributed by atoms with Gasteiger partial charge in [-0.2, -0.15) is 5.10 Å². The number of aromatic nitrogens is 3. The second kappa shape index (κ2) is 10.3. The molecule has 1 amide bonds. The molecule has 1 N–H and O–H groups in total. The lowest BCUT2D eigenvalue weighted by molar-refractivity contribution is -0.118. The van der Waals surface area contributed by atoms with Gasteiger partial charge in [-0.15, -0.1) is 10.2 Å². The maximum absolute atomic E-state index is 12.3. The number of rotatable bonds is 7. The largest absolute Gasteiger partial charge is 0.302 e. The predicted molar refractivity (Wildman–Crippen MR) is 132 cm³/mol. The highest BCUT2D eigenvalue weighted by Crippen LogP contribution is 2.27. The van der Waals surface area contributed by atoms with Crippen LogP contribution in [0.2, 0.25) is 5.02 Å². The van der Waals surface area contributed by atoms with Crippen molar-refractivity contribution in [3.8, 4) is 11.4 Å². The van der Waals surface area contributed by atoms with Crippen molar-refractivity contribution in [2.24, 2.45) is 5.10 Å². The average molecular weight is 470 g/mol. The highest BCUT2D eigenvalue weighted by Gasteiger charge is 2.17. The van der Waals surface area contributed by atoms with E-state index in [1.54, 1.807) is 12.1 Å². The Kier molecular flexibility index (Phi) is 7.74. The third-order valence-electron chi connectivity index (χ3n) is 4.98. The lowest BCUT2D eigenvalue weighted by atomic mass is 9.87. The van der Waals surface area contributed by atoms with Crippen molar-refractivity contribution in [2.75, 3.05) is 5.75 Å². The fraction of sp³-hybridized carbons (Fsp3) is 0.333. The van der Waals surface area contributed by atoms with E-state index in [0.29, 0.717) is 22.4 Å². The van der Waals surface area contributed by atoms with Crippen molar-refractivity contribution in [1.82, 2.24) is 20.2 Å². The Morgan fingerprint density at radius 1 is 1.09 bits per heavy atom. The number of hydrogen-bond acceptors (Lipinski definition) is 5. The van der Waals surface area contributed by atoms with E-state index in [-0.39, 0.29) is 17.1 Å². The van der Waals surface area contributed by atoms with Gasteiger partial charge in [0.05, 0.1) is 11.5 Å². The summed E-state index contributed by atoms with van der Waals surface area (Å²) in [5, 5.41) is 14.2. The highest BCUT2D eigenvalue weighted by molar-refractivity contribution is 7.99. The summed E-state index contributed by atoms with van der Waals surface area (Å²) in [6, 6.07) is 15.7. The van der Waals surface area contributed by atoms with Crippen LogP contribution >= 0.6 is 23.4 Å². The first-order chi connectivity index (χ1) is 15.2. The van der Waals surface area contributed by atoms with Crippen molar-refractivity contribution >= 4 is 35.0 Å². The zero-order valence-electron chi connectivity index (χ0n) is 19.0. The molecular formula is C24H28ClN5OS. The van der Waals surface area contributed by atoms with Crippen molar-refractivity contribution in [1.29, 1.82) is 0 Å². The van der Waals surface area contributed by atoms with Crippen molar-refractivity contribution < 1.29 is 4.79 Å². The molecule has 0 saturated carbocycles. The maximum atomic E-state index is 12.3. The standard InChI is InChI=1S/C24H28ClN5OS/c1-6-30-22(18-7-11-19(12-8-18)24(3,4)5)28-29-23(30)32-15-21(31)27-26-16(2)17-9-13-20(25)14-10-17/h7-14H,6,15H2,1-5H3,(H,27,31)/b26-16-. The van der Waals surface area contributed by atoms with E-state index in [2.05, 4.69) is 65.8 Å². The molecule has 0 atom stereocenters. The molecule has 0 aliphatic heterocycles. The molecule has 1 heterocycles. The lowest BCUT2D eigenvalue weighted by Gasteiger charge is -2.19. The molecule has 0 fully saturated rings. The average Bonchev–Trinajstić information content (AvgIpc) is 3.19. The van der Waals surface area contributed by atoms with Gasteiger partial charge >= 0.3 is 0 Å². The summed E-state index contributed by atoms with van der Waals surface area (Å²) in [6.45, 7) is 11.2. The molecule has 8 heteroatoms. The van der Waals surface area contributed by atoms with Crippen LogP contribution in [-0.4, -0.2) is 32.1 Å². The fourth-order valence-electron chi connectivity index (χ4n) is 3.08. The number of hydrogen-bond donors (Lipinski definition) is 1. The third kappa shape index (κ3) is 5.99. The molecule has 0 saturated heterocycles. The number of nitrogens with zero attached hydrogens (tertiary/aromatic N) is 4. The minimum atomic E-state index is -0.204. The van der Waals surface area contributed by atoms with Crippen LogP contribution in [-0.2, 0) is 16.8 Å². The van der Waals surface area contributed by atoms with Crippen LogP contribution in [0.4, 0.5) is 0 Å². The van der Waals surface area contributed by atoms with E-state index in [1.807, 2.05) is 30.5 Å². The number of halogens is 1. The molecular weight excluding hydrogens is 442 g/mol. The number of benzene rings is 2. The van der Waals surface area contributed by atoms with E-state index >= 15 is 0 Å². The van der Waals surface area contributed by atoms with E-state index in [0.717, 1.165) is 17.0 Å². The Morgan fingerprint density at radius 2 is 1.75 bits per heavy atom. The van der Waals surface area contributed by atoms with Gasteiger partial charge in [0.2, 0.25) is 0 Å². The predicted octanol–water partition coefficient (Wildman–Crippen LogP) is 5.55. The van der Waals surface area contributed by atoms with Crippen LogP contribution < -0.4 is 5.43 Å². The molecule has 0 radical (unpaired) electrons. The van der Waals surface area contributed by atoms with Crippen molar-refractivity contribution in [2.45, 2.75) is 51.7 Å².